The van der Waals surface area contributed by atoms with E-state index in [4.69, 9.17) is 0 Å². The van der Waals surface area contributed by atoms with E-state index in [2.05, 4.69) is 16.3 Å². The standard InChI is InChI=1S/C14H11FN2/c15-12-6-4-10(5-7-12)8-11-2-1-3-14-13(11)9-16-17-14/h1-7,9H,8H2,(H,16,17). The molecule has 0 spiro atoms. The third-order valence-electron chi connectivity index (χ3n) is 2.88. The van der Waals surface area contributed by atoms with Crippen molar-refractivity contribution in [2.24, 2.45) is 0 Å². The molecule has 0 saturated carbocycles. The number of nitrogens with zero attached hydrogens (tertiary/aromatic N) is 1. The number of H-pyrrole nitrogens is 1. The van der Waals surface area contributed by atoms with Gasteiger partial charge in [-0.1, -0.05) is 24.3 Å². The minimum atomic E-state index is -0.199. The third-order valence-corrected chi connectivity index (χ3v) is 2.88. The Morgan fingerprint density at radius 1 is 1.06 bits per heavy atom. The van der Waals surface area contributed by atoms with Gasteiger partial charge in [-0.25, -0.2) is 4.39 Å². The Labute approximate surface area is 98.1 Å². The van der Waals surface area contributed by atoms with Crippen LogP contribution in [0.5, 0.6) is 0 Å². The van der Waals surface area contributed by atoms with E-state index in [0.29, 0.717) is 0 Å². The van der Waals surface area contributed by atoms with E-state index in [9.17, 15) is 4.39 Å². The first-order valence-corrected chi connectivity index (χ1v) is 5.48. The van der Waals surface area contributed by atoms with Gasteiger partial charge in [0.2, 0.25) is 0 Å². The first-order chi connectivity index (χ1) is 8.33. The van der Waals surface area contributed by atoms with Crippen LogP contribution in [-0.4, -0.2) is 10.2 Å². The van der Waals surface area contributed by atoms with Crippen LogP contribution in [0.15, 0.2) is 48.7 Å². The van der Waals surface area contributed by atoms with Crippen molar-refractivity contribution in [3.05, 3.63) is 65.6 Å². The van der Waals surface area contributed by atoms with Crippen molar-refractivity contribution in [1.29, 1.82) is 0 Å². The zero-order valence-electron chi connectivity index (χ0n) is 9.15. The van der Waals surface area contributed by atoms with E-state index in [-0.39, 0.29) is 5.82 Å². The lowest BCUT2D eigenvalue weighted by atomic mass is 10.0. The van der Waals surface area contributed by atoms with Crippen LogP contribution in [0.25, 0.3) is 10.9 Å². The number of hydrogen-bond donors (Lipinski definition) is 1. The van der Waals surface area contributed by atoms with Gasteiger partial charge in [0, 0.05) is 5.39 Å². The smallest absolute Gasteiger partial charge is 0.123 e. The topological polar surface area (TPSA) is 28.7 Å². The molecule has 17 heavy (non-hydrogen) atoms. The fourth-order valence-corrected chi connectivity index (χ4v) is 2.01. The average Bonchev–Trinajstić information content (AvgIpc) is 2.81. The monoisotopic (exact) mass is 226 g/mol. The molecule has 0 bridgehead atoms. The molecule has 0 radical (unpaired) electrons. The molecule has 1 N–H and O–H groups in total. The van der Waals surface area contributed by atoms with Crippen LogP contribution in [0.1, 0.15) is 11.1 Å². The highest BCUT2D eigenvalue weighted by Crippen LogP contribution is 2.19. The molecule has 0 fully saturated rings. The fraction of sp³-hybridized carbons (Fsp3) is 0.0714. The quantitative estimate of drug-likeness (QED) is 0.713. The van der Waals surface area contributed by atoms with Crippen molar-refractivity contribution in [3.8, 4) is 0 Å². The van der Waals surface area contributed by atoms with Gasteiger partial charge < -0.3 is 0 Å². The Kier molecular flexibility index (Phi) is 2.37. The maximum absolute atomic E-state index is 12.8. The van der Waals surface area contributed by atoms with E-state index >= 15 is 0 Å². The summed E-state index contributed by atoms with van der Waals surface area (Å²) in [6.45, 7) is 0. The van der Waals surface area contributed by atoms with Crippen LogP contribution in [-0.2, 0) is 6.42 Å². The van der Waals surface area contributed by atoms with Crippen molar-refractivity contribution in [2.75, 3.05) is 0 Å². The maximum Gasteiger partial charge on any atom is 0.123 e. The number of halogens is 1. The van der Waals surface area contributed by atoms with Gasteiger partial charge in [0.15, 0.2) is 0 Å². The molecule has 3 rings (SSSR count). The number of nitrogens with one attached hydrogen (secondary N) is 1. The Bertz CT molecular complexity index is 641. The number of aromatic nitrogens is 2. The van der Waals surface area contributed by atoms with Gasteiger partial charge in [-0.15, -0.1) is 0 Å². The molecule has 2 aromatic carbocycles. The van der Waals surface area contributed by atoms with Gasteiger partial charge >= 0.3 is 0 Å². The molecular weight excluding hydrogens is 215 g/mol. The van der Waals surface area contributed by atoms with Crippen LogP contribution in [0, 0.1) is 5.82 Å². The molecule has 1 heterocycles. The predicted molar refractivity (Wildman–Crippen MR) is 65.3 cm³/mol. The Balaban J connectivity index is 1.99. The summed E-state index contributed by atoms with van der Waals surface area (Å²) in [6, 6.07) is 12.7. The summed E-state index contributed by atoms with van der Waals surface area (Å²) in [7, 11) is 0. The average molecular weight is 226 g/mol. The largest absolute Gasteiger partial charge is 0.278 e. The SMILES string of the molecule is Fc1ccc(Cc2cccc3[nH]ncc23)cc1. The highest BCUT2D eigenvalue weighted by molar-refractivity contribution is 5.81. The second-order valence-electron chi connectivity index (χ2n) is 4.05. The first-order valence-electron chi connectivity index (χ1n) is 5.48. The van der Waals surface area contributed by atoms with Crippen molar-refractivity contribution in [3.63, 3.8) is 0 Å². The van der Waals surface area contributed by atoms with E-state index in [1.807, 2.05) is 30.5 Å². The lowest BCUT2D eigenvalue weighted by molar-refractivity contribution is 0.627. The van der Waals surface area contributed by atoms with Crippen LogP contribution in [0.3, 0.4) is 0 Å². The summed E-state index contributed by atoms with van der Waals surface area (Å²) in [6.07, 6.45) is 2.62. The molecule has 0 unspecified atom stereocenters. The molecule has 0 saturated heterocycles. The molecule has 3 aromatic rings. The zero-order valence-corrected chi connectivity index (χ0v) is 9.15. The van der Waals surface area contributed by atoms with Crippen LogP contribution in [0.2, 0.25) is 0 Å². The van der Waals surface area contributed by atoms with Crippen molar-refractivity contribution >= 4 is 10.9 Å². The van der Waals surface area contributed by atoms with E-state index in [0.717, 1.165) is 22.9 Å². The minimum absolute atomic E-state index is 0.199. The summed E-state index contributed by atoms with van der Waals surface area (Å²) < 4.78 is 12.8. The molecule has 84 valence electrons. The summed E-state index contributed by atoms with van der Waals surface area (Å²) in [5.41, 5.74) is 3.33. The molecule has 1 aromatic heterocycles. The second kappa shape index (κ2) is 4.01. The van der Waals surface area contributed by atoms with Crippen LogP contribution in [0.4, 0.5) is 4.39 Å². The van der Waals surface area contributed by atoms with E-state index in [1.165, 1.54) is 17.7 Å². The summed E-state index contributed by atoms with van der Waals surface area (Å²) in [4.78, 5) is 0. The van der Waals surface area contributed by atoms with Crippen molar-refractivity contribution in [2.45, 2.75) is 6.42 Å². The number of aromatic amines is 1. The van der Waals surface area contributed by atoms with Gasteiger partial charge in [-0.05, 0) is 35.7 Å². The van der Waals surface area contributed by atoms with Gasteiger partial charge in [0.05, 0.1) is 11.7 Å². The maximum atomic E-state index is 12.8. The Morgan fingerprint density at radius 2 is 1.88 bits per heavy atom. The molecule has 3 heteroatoms. The predicted octanol–water partition coefficient (Wildman–Crippen LogP) is 3.29. The molecule has 0 amide bonds. The number of rotatable bonds is 2. The summed E-state index contributed by atoms with van der Waals surface area (Å²) >= 11 is 0. The number of fused-ring (bicyclic) bond motifs is 1. The Morgan fingerprint density at radius 3 is 2.71 bits per heavy atom. The van der Waals surface area contributed by atoms with Crippen molar-refractivity contribution in [1.82, 2.24) is 10.2 Å². The molecule has 0 aliphatic rings. The molecule has 2 nitrogen and oxygen atoms in total. The molecular formula is C14H11FN2. The second-order valence-corrected chi connectivity index (χ2v) is 4.05. The van der Waals surface area contributed by atoms with Gasteiger partial charge in [0.25, 0.3) is 0 Å². The highest BCUT2D eigenvalue weighted by Gasteiger charge is 2.03. The molecule has 0 atom stereocenters. The zero-order chi connectivity index (χ0) is 11.7. The van der Waals surface area contributed by atoms with Gasteiger partial charge in [-0.3, -0.25) is 5.10 Å². The van der Waals surface area contributed by atoms with Gasteiger partial charge in [0.1, 0.15) is 5.82 Å². The van der Waals surface area contributed by atoms with E-state index < -0.39 is 0 Å². The lowest BCUT2D eigenvalue weighted by Gasteiger charge is -2.03. The Hall–Kier alpha value is -2.16. The first kappa shape index (κ1) is 10.0. The minimum Gasteiger partial charge on any atom is -0.278 e. The van der Waals surface area contributed by atoms with Crippen molar-refractivity contribution < 1.29 is 4.39 Å². The number of benzene rings is 2. The van der Waals surface area contributed by atoms with Crippen LogP contribution < -0.4 is 0 Å². The van der Waals surface area contributed by atoms with Gasteiger partial charge in [-0.2, -0.15) is 5.10 Å². The number of hydrogen-bond acceptors (Lipinski definition) is 1. The lowest BCUT2D eigenvalue weighted by Crippen LogP contribution is -1.89. The fourth-order valence-electron chi connectivity index (χ4n) is 2.01. The van der Waals surface area contributed by atoms with Crippen LogP contribution >= 0.6 is 0 Å². The molecule has 0 aliphatic carbocycles. The summed E-state index contributed by atoms with van der Waals surface area (Å²) in [5.74, 6) is -0.199. The third kappa shape index (κ3) is 1.91. The van der Waals surface area contributed by atoms with E-state index in [1.54, 1.807) is 0 Å². The molecule has 0 aliphatic heterocycles. The normalized spacial score (nSPS) is 10.9. The summed E-state index contributed by atoms with van der Waals surface area (Å²) in [5, 5.41) is 8.10. The highest BCUT2D eigenvalue weighted by atomic mass is 19.1.